The summed E-state index contributed by atoms with van der Waals surface area (Å²) in [6, 6.07) is 23.1. The second kappa shape index (κ2) is 7.98. The lowest BCUT2D eigenvalue weighted by Gasteiger charge is -2.09. The first-order chi connectivity index (χ1) is 12.6. The smallest absolute Gasteiger partial charge is 0.275 e. The Morgan fingerprint density at radius 3 is 2.23 bits per heavy atom. The minimum Gasteiger partial charge on any atom is -0.508 e. The van der Waals surface area contributed by atoms with E-state index in [4.69, 9.17) is 0 Å². The number of amides is 1. The van der Waals surface area contributed by atoms with Crippen molar-refractivity contribution in [3.05, 3.63) is 95.6 Å². The molecule has 0 radical (unpaired) electrons. The third-order valence-corrected chi connectivity index (χ3v) is 3.84. The van der Waals surface area contributed by atoms with Crippen molar-refractivity contribution < 1.29 is 15.0 Å². The molecule has 3 rings (SSSR count). The molecule has 5 nitrogen and oxygen atoms in total. The molecular weight excluding hydrogens is 328 g/mol. The van der Waals surface area contributed by atoms with E-state index < -0.39 is 5.91 Å². The van der Waals surface area contributed by atoms with Gasteiger partial charge in [0, 0.05) is 6.42 Å². The van der Waals surface area contributed by atoms with Crippen LogP contribution in [0.25, 0.3) is 0 Å². The molecule has 0 saturated carbocycles. The Balaban J connectivity index is 1.86. The predicted molar refractivity (Wildman–Crippen MR) is 100 cm³/mol. The summed E-state index contributed by atoms with van der Waals surface area (Å²) >= 11 is 0. The van der Waals surface area contributed by atoms with Gasteiger partial charge in [0.15, 0.2) is 0 Å². The Morgan fingerprint density at radius 2 is 1.54 bits per heavy atom. The van der Waals surface area contributed by atoms with Crippen molar-refractivity contribution in [1.82, 2.24) is 5.43 Å². The van der Waals surface area contributed by atoms with E-state index in [1.54, 1.807) is 0 Å². The van der Waals surface area contributed by atoms with Crippen LogP contribution in [0.2, 0.25) is 0 Å². The Kier molecular flexibility index (Phi) is 5.29. The van der Waals surface area contributed by atoms with Crippen molar-refractivity contribution in [2.75, 3.05) is 0 Å². The SMILES string of the molecule is O=C(N/N=C(\Cc1ccccc1)c1ccccc1)c1cc(O)ccc1O. The van der Waals surface area contributed by atoms with E-state index in [9.17, 15) is 15.0 Å². The number of hydrogen-bond donors (Lipinski definition) is 3. The summed E-state index contributed by atoms with van der Waals surface area (Å²) in [5.41, 5.74) is 5.05. The number of phenolic OH excluding ortho intramolecular Hbond substituents is 2. The van der Waals surface area contributed by atoms with Crippen molar-refractivity contribution >= 4 is 11.6 Å². The highest BCUT2D eigenvalue weighted by atomic mass is 16.3. The van der Waals surface area contributed by atoms with Gasteiger partial charge in [-0.15, -0.1) is 0 Å². The van der Waals surface area contributed by atoms with E-state index >= 15 is 0 Å². The monoisotopic (exact) mass is 346 g/mol. The minimum absolute atomic E-state index is 0.0409. The van der Waals surface area contributed by atoms with Gasteiger partial charge in [-0.3, -0.25) is 4.79 Å². The lowest BCUT2D eigenvalue weighted by Crippen LogP contribution is -2.21. The van der Waals surface area contributed by atoms with Gasteiger partial charge in [-0.2, -0.15) is 5.10 Å². The van der Waals surface area contributed by atoms with Gasteiger partial charge in [0.1, 0.15) is 11.5 Å². The molecule has 0 saturated heterocycles. The van der Waals surface area contributed by atoms with E-state index in [2.05, 4.69) is 10.5 Å². The van der Waals surface area contributed by atoms with Gasteiger partial charge in [-0.25, -0.2) is 5.43 Å². The lowest BCUT2D eigenvalue weighted by molar-refractivity contribution is 0.0951. The molecule has 0 atom stereocenters. The quantitative estimate of drug-likeness (QED) is 0.376. The van der Waals surface area contributed by atoms with Crippen molar-refractivity contribution in [3.63, 3.8) is 0 Å². The third-order valence-electron chi connectivity index (χ3n) is 3.84. The van der Waals surface area contributed by atoms with Crippen LogP contribution in [0.1, 0.15) is 21.5 Å². The first kappa shape index (κ1) is 17.2. The van der Waals surface area contributed by atoms with Crippen LogP contribution < -0.4 is 5.43 Å². The lowest BCUT2D eigenvalue weighted by atomic mass is 10.0. The fourth-order valence-electron chi connectivity index (χ4n) is 2.51. The molecule has 0 aromatic heterocycles. The molecule has 130 valence electrons. The number of aromatic hydroxyl groups is 2. The zero-order valence-electron chi connectivity index (χ0n) is 14.0. The van der Waals surface area contributed by atoms with Gasteiger partial charge in [0.05, 0.1) is 11.3 Å². The van der Waals surface area contributed by atoms with E-state index in [0.717, 1.165) is 11.1 Å². The number of hydrogen-bond acceptors (Lipinski definition) is 4. The highest BCUT2D eigenvalue weighted by molar-refractivity contribution is 6.03. The van der Waals surface area contributed by atoms with E-state index in [1.807, 2.05) is 60.7 Å². The van der Waals surface area contributed by atoms with Crippen LogP contribution in [0, 0.1) is 0 Å². The molecule has 3 aromatic carbocycles. The van der Waals surface area contributed by atoms with Gasteiger partial charge in [0.2, 0.25) is 0 Å². The molecule has 1 amide bonds. The molecule has 26 heavy (non-hydrogen) atoms. The average molecular weight is 346 g/mol. The maximum atomic E-state index is 12.3. The Morgan fingerprint density at radius 1 is 0.885 bits per heavy atom. The molecule has 0 aliphatic carbocycles. The fourth-order valence-corrected chi connectivity index (χ4v) is 2.51. The number of hydrazone groups is 1. The van der Waals surface area contributed by atoms with Gasteiger partial charge >= 0.3 is 0 Å². The molecular formula is C21H18N2O3. The summed E-state index contributed by atoms with van der Waals surface area (Å²) in [6.45, 7) is 0. The molecule has 0 unspecified atom stereocenters. The topological polar surface area (TPSA) is 81.9 Å². The van der Waals surface area contributed by atoms with Gasteiger partial charge in [-0.05, 0) is 29.3 Å². The number of benzene rings is 3. The van der Waals surface area contributed by atoms with Crippen LogP contribution >= 0.6 is 0 Å². The van der Waals surface area contributed by atoms with Crippen LogP contribution in [0.5, 0.6) is 11.5 Å². The van der Waals surface area contributed by atoms with Gasteiger partial charge in [0.25, 0.3) is 5.91 Å². The fraction of sp³-hybridized carbons (Fsp3) is 0.0476. The molecule has 5 heteroatoms. The Hall–Kier alpha value is -3.60. The van der Waals surface area contributed by atoms with Crippen LogP contribution in [0.15, 0.2) is 84.0 Å². The Bertz CT molecular complexity index is 923. The van der Waals surface area contributed by atoms with Crippen LogP contribution in [-0.2, 0) is 6.42 Å². The number of carbonyl (C=O) groups excluding carboxylic acids is 1. The molecule has 0 bridgehead atoms. The minimum atomic E-state index is -0.597. The maximum absolute atomic E-state index is 12.3. The van der Waals surface area contributed by atoms with E-state index in [0.29, 0.717) is 12.1 Å². The number of rotatable bonds is 5. The first-order valence-corrected chi connectivity index (χ1v) is 8.12. The summed E-state index contributed by atoms with van der Waals surface area (Å²) < 4.78 is 0. The molecule has 3 N–H and O–H groups in total. The van der Waals surface area contributed by atoms with Crippen LogP contribution in [-0.4, -0.2) is 21.8 Å². The second-order valence-corrected chi connectivity index (χ2v) is 5.73. The van der Waals surface area contributed by atoms with Gasteiger partial charge < -0.3 is 10.2 Å². The summed E-state index contributed by atoms with van der Waals surface area (Å²) in [6.07, 6.45) is 0.539. The average Bonchev–Trinajstić information content (AvgIpc) is 2.68. The number of nitrogens with zero attached hydrogens (tertiary/aromatic N) is 1. The molecule has 0 heterocycles. The number of nitrogens with one attached hydrogen (secondary N) is 1. The predicted octanol–water partition coefficient (Wildman–Crippen LogP) is 3.47. The molecule has 0 fully saturated rings. The zero-order chi connectivity index (χ0) is 18.4. The largest absolute Gasteiger partial charge is 0.508 e. The standard InChI is InChI=1S/C21H18N2O3/c24-17-11-12-20(25)18(14-17)21(26)23-22-19(16-9-5-2-6-10-16)13-15-7-3-1-4-8-15/h1-12,14,24-25H,13H2,(H,23,26)/b22-19+. The summed E-state index contributed by atoms with van der Waals surface area (Å²) in [5, 5.41) is 23.6. The van der Waals surface area contributed by atoms with E-state index in [1.165, 1.54) is 18.2 Å². The highest BCUT2D eigenvalue weighted by Crippen LogP contribution is 2.21. The summed E-state index contributed by atoms with van der Waals surface area (Å²) in [7, 11) is 0. The molecule has 3 aromatic rings. The first-order valence-electron chi connectivity index (χ1n) is 8.12. The van der Waals surface area contributed by atoms with Crippen molar-refractivity contribution in [1.29, 1.82) is 0 Å². The van der Waals surface area contributed by atoms with E-state index in [-0.39, 0.29) is 17.1 Å². The maximum Gasteiger partial charge on any atom is 0.275 e. The molecule has 0 aliphatic rings. The normalized spacial score (nSPS) is 11.2. The van der Waals surface area contributed by atoms with Gasteiger partial charge in [-0.1, -0.05) is 60.7 Å². The highest BCUT2D eigenvalue weighted by Gasteiger charge is 2.12. The molecule has 0 aliphatic heterocycles. The number of carbonyl (C=O) groups is 1. The van der Waals surface area contributed by atoms with Crippen molar-refractivity contribution in [3.8, 4) is 11.5 Å². The van der Waals surface area contributed by atoms with Crippen molar-refractivity contribution in [2.45, 2.75) is 6.42 Å². The van der Waals surface area contributed by atoms with Crippen LogP contribution in [0.4, 0.5) is 0 Å². The van der Waals surface area contributed by atoms with Crippen molar-refractivity contribution in [2.24, 2.45) is 5.10 Å². The summed E-state index contributed by atoms with van der Waals surface area (Å²) in [4.78, 5) is 12.3. The van der Waals surface area contributed by atoms with Crippen LogP contribution in [0.3, 0.4) is 0 Å². The summed E-state index contributed by atoms with van der Waals surface area (Å²) in [5.74, 6) is -0.927. The number of phenols is 2. The third kappa shape index (κ3) is 4.27. The zero-order valence-corrected chi connectivity index (χ0v) is 14.0. The second-order valence-electron chi connectivity index (χ2n) is 5.73. The molecule has 0 spiro atoms. The Labute approximate surface area is 151 Å².